The molecular formula is C16H14BrN4OSe+. The third-order valence-corrected chi connectivity index (χ3v) is 5.89. The Morgan fingerprint density at radius 2 is 1.87 bits per heavy atom. The minimum atomic E-state index is -0.197. The van der Waals surface area contributed by atoms with Gasteiger partial charge in [-0.3, -0.25) is 0 Å². The predicted octanol–water partition coefficient (Wildman–Crippen LogP) is 1.21. The van der Waals surface area contributed by atoms with E-state index in [1.54, 1.807) is 12.1 Å². The average Bonchev–Trinajstić information content (AvgIpc) is 2.57. The number of nitrogens with zero attached hydrogens (tertiary/aromatic N) is 2. The van der Waals surface area contributed by atoms with Crippen LogP contribution >= 0.6 is 15.9 Å². The molecule has 0 unspecified atom stereocenters. The van der Waals surface area contributed by atoms with E-state index < -0.39 is 0 Å². The summed E-state index contributed by atoms with van der Waals surface area (Å²) in [5.74, 6) is 6.56. The van der Waals surface area contributed by atoms with E-state index in [2.05, 4.69) is 20.9 Å². The zero-order valence-corrected chi connectivity index (χ0v) is 15.4. The Morgan fingerprint density at radius 3 is 2.61 bits per heavy atom. The molecule has 0 atom stereocenters. The van der Waals surface area contributed by atoms with Gasteiger partial charge in [-0.1, -0.05) is 0 Å². The second-order valence-electron chi connectivity index (χ2n) is 4.89. The molecule has 0 saturated heterocycles. The van der Waals surface area contributed by atoms with E-state index in [0.29, 0.717) is 21.4 Å². The van der Waals surface area contributed by atoms with Gasteiger partial charge in [-0.05, 0) is 0 Å². The molecule has 0 fully saturated rings. The van der Waals surface area contributed by atoms with Crippen molar-refractivity contribution in [2.45, 2.75) is 5.32 Å². The van der Waals surface area contributed by atoms with Crippen LogP contribution in [0.1, 0.15) is 10.4 Å². The van der Waals surface area contributed by atoms with E-state index in [-0.39, 0.29) is 20.7 Å². The van der Waals surface area contributed by atoms with Crippen LogP contribution in [0.15, 0.2) is 53.0 Å². The number of para-hydroxylation sites is 1. The molecule has 0 saturated carbocycles. The number of carbonyl (C=O) groups excluding carboxylic acids is 1. The maximum atomic E-state index is 12.3. The topological polar surface area (TPSA) is 85.9 Å². The van der Waals surface area contributed by atoms with E-state index in [0.717, 1.165) is 15.4 Å². The molecule has 116 valence electrons. The van der Waals surface area contributed by atoms with Gasteiger partial charge in [0.25, 0.3) is 0 Å². The molecule has 1 aromatic heterocycles. The zero-order valence-electron chi connectivity index (χ0n) is 12.1. The second kappa shape index (κ2) is 6.66. The number of halogens is 1. The van der Waals surface area contributed by atoms with Crippen molar-refractivity contribution in [3.8, 4) is 0 Å². The standard InChI is InChI=1S/C16H13BrN4OSe/c17-11-7-5-10(6-8-11)14(22)9-23-16-20-13-4-2-1-3-12(13)15(18)21(16)19/h1-8,18H,9,19H2/p+1. The third-order valence-electron chi connectivity index (χ3n) is 3.36. The van der Waals surface area contributed by atoms with E-state index in [1.807, 2.05) is 36.4 Å². The van der Waals surface area contributed by atoms with Crippen LogP contribution in [-0.2, 0) is 0 Å². The summed E-state index contributed by atoms with van der Waals surface area (Å²) in [5.41, 5.74) is 7.55. The fourth-order valence-electron chi connectivity index (χ4n) is 2.13. The third kappa shape index (κ3) is 3.37. The van der Waals surface area contributed by atoms with Crippen LogP contribution in [0.2, 0.25) is 5.32 Å². The number of hydrogen-bond acceptors (Lipinski definition) is 4. The summed E-state index contributed by atoms with van der Waals surface area (Å²) in [7, 11) is 0. The molecule has 0 amide bonds. The minimum absolute atomic E-state index is 0.0750. The number of aromatic nitrogens is 2. The first kappa shape index (κ1) is 15.9. The Bertz CT molecular complexity index is 883. The van der Waals surface area contributed by atoms with Crippen LogP contribution in [0.4, 0.5) is 5.82 Å². The number of benzene rings is 2. The van der Waals surface area contributed by atoms with Crippen molar-refractivity contribution in [1.82, 2.24) is 4.98 Å². The number of fused-ring (bicyclic) bond motifs is 1. The van der Waals surface area contributed by atoms with E-state index in [4.69, 9.17) is 11.6 Å². The number of hydrogen-bond donors (Lipinski definition) is 2. The first-order valence-electron chi connectivity index (χ1n) is 6.83. The molecule has 0 aliphatic carbocycles. The van der Waals surface area contributed by atoms with Gasteiger partial charge in [-0.25, -0.2) is 0 Å². The average molecular weight is 437 g/mol. The molecule has 0 spiro atoms. The number of carbonyl (C=O) groups is 1. The molecule has 1 heterocycles. The van der Waals surface area contributed by atoms with Crippen molar-refractivity contribution in [1.29, 1.82) is 0 Å². The van der Waals surface area contributed by atoms with Crippen LogP contribution in [0.5, 0.6) is 0 Å². The van der Waals surface area contributed by atoms with Crippen LogP contribution in [-0.4, -0.2) is 25.7 Å². The van der Waals surface area contributed by atoms with Crippen molar-refractivity contribution in [3.63, 3.8) is 0 Å². The molecular weight excluding hydrogens is 423 g/mol. The monoisotopic (exact) mass is 437 g/mol. The maximum absolute atomic E-state index is 12.3. The molecule has 2 aromatic carbocycles. The molecule has 7 heteroatoms. The number of rotatable bonds is 4. The quantitative estimate of drug-likeness (QED) is 0.278. The number of nitrogen functional groups attached to an aromatic ring is 2. The summed E-state index contributed by atoms with van der Waals surface area (Å²) in [6.07, 6.45) is 0. The molecule has 0 aliphatic rings. The Kier molecular flexibility index (Phi) is 4.61. The second-order valence-corrected chi connectivity index (χ2v) is 7.78. The van der Waals surface area contributed by atoms with Crippen LogP contribution in [0.3, 0.4) is 0 Å². The first-order valence-corrected chi connectivity index (χ1v) is 9.69. The molecule has 5 nitrogen and oxygen atoms in total. The zero-order chi connectivity index (χ0) is 16.4. The summed E-state index contributed by atoms with van der Waals surface area (Å²) in [5, 5.41) is 1.20. The van der Waals surface area contributed by atoms with Gasteiger partial charge >= 0.3 is 148 Å². The van der Waals surface area contributed by atoms with Crippen molar-refractivity contribution >= 4 is 58.1 Å². The number of Topliss-reactive ketones (excluding diaryl/α,β-unsaturated/α-hetero) is 1. The SMILES string of the molecule is Nc1c2ccccc2nc([Se]CC(=O)c2ccc(Br)cc2)[n+]1N. The summed E-state index contributed by atoms with van der Waals surface area (Å²) < 4.78 is 2.99. The normalized spacial score (nSPS) is 10.8. The van der Waals surface area contributed by atoms with Gasteiger partial charge in [0, 0.05) is 0 Å². The predicted molar refractivity (Wildman–Crippen MR) is 95.2 cm³/mol. The number of ketones is 1. The Balaban J connectivity index is 1.83. The fourth-order valence-corrected chi connectivity index (χ4v) is 4.13. The van der Waals surface area contributed by atoms with Gasteiger partial charge in [0.05, 0.1) is 0 Å². The van der Waals surface area contributed by atoms with E-state index >= 15 is 0 Å². The molecule has 23 heavy (non-hydrogen) atoms. The van der Waals surface area contributed by atoms with Crippen LogP contribution < -0.4 is 21.0 Å². The van der Waals surface area contributed by atoms with Crippen LogP contribution in [0, 0.1) is 0 Å². The van der Waals surface area contributed by atoms with Crippen molar-refractivity contribution in [2.75, 3.05) is 11.6 Å². The summed E-state index contributed by atoms with van der Waals surface area (Å²) in [6.45, 7) is 0. The van der Waals surface area contributed by atoms with Crippen molar-refractivity contribution < 1.29 is 9.47 Å². The molecule has 0 bridgehead atoms. The van der Waals surface area contributed by atoms with Gasteiger partial charge in [-0.15, -0.1) is 0 Å². The van der Waals surface area contributed by atoms with E-state index in [9.17, 15) is 4.79 Å². The summed E-state index contributed by atoms with van der Waals surface area (Å²) >= 11 is 3.16. The molecule has 0 radical (unpaired) electrons. The fraction of sp³-hybridized carbons (Fsp3) is 0.0625. The van der Waals surface area contributed by atoms with Gasteiger partial charge in [0.15, 0.2) is 0 Å². The van der Waals surface area contributed by atoms with Gasteiger partial charge in [0.2, 0.25) is 0 Å². The van der Waals surface area contributed by atoms with Gasteiger partial charge in [-0.2, -0.15) is 0 Å². The Labute approximate surface area is 148 Å². The molecule has 4 N–H and O–H groups in total. The van der Waals surface area contributed by atoms with Gasteiger partial charge < -0.3 is 0 Å². The Hall–Kier alpha value is -1.95. The van der Waals surface area contributed by atoms with Gasteiger partial charge in [0.1, 0.15) is 0 Å². The number of anilines is 1. The summed E-state index contributed by atoms with van der Waals surface area (Å²) in [4.78, 5) is 16.8. The molecule has 0 aliphatic heterocycles. The Morgan fingerprint density at radius 1 is 1.17 bits per heavy atom. The summed E-state index contributed by atoms with van der Waals surface area (Å²) in [6, 6.07) is 14.9. The first-order chi connectivity index (χ1) is 11.1. The van der Waals surface area contributed by atoms with Crippen LogP contribution in [0.25, 0.3) is 10.9 Å². The van der Waals surface area contributed by atoms with E-state index in [1.165, 1.54) is 4.68 Å². The van der Waals surface area contributed by atoms with Crippen molar-refractivity contribution in [3.05, 3.63) is 58.6 Å². The molecule has 3 aromatic rings. The molecule has 3 rings (SSSR count). The number of nitrogens with two attached hydrogens (primary N) is 2. The van der Waals surface area contributed by atoms with Crippen molar-refractivity contribution in [2.24, 2.45) is 0 Å².